The second-order valence-electron chi connectivity index (χ2n) is 7.97. The SMILES string of the molecule is CN(C(=O)OC(C)(C)C)C1CCN(C(=O)c2ccc3c(c2)OCCO3)CC1. The Balaban J connectivity index is 1.57. The van der Waals surface area contributed by atoms with E-state index in [2.05, 4.69) is 0 Å². The van der Waals surface area contributed by atoms with Gasteiger partial charge < -0.3 is 24.0 Å². The highest BCUT2D eigenvalue weighted by Crippen LogP contribution is 2.31. The van der Waals surface area contributed by atoms with Crippen LogP contribution in [-0.2, 0) is 4.74 Å². The molecule has 0 aliphatic carbocycles. The van der Waals surface area contributed by atoms with Gasteiger partial charge in [-0.05, 0) is 51.8 Å². The molecule has 7 heteroatoms. The minimum atomic E-state index is -0.514. The second kappa shape index (κ2) is 7.66. The van der Waals surface area contributed by atoms with E-state index in [-0.39, 0.29) is 18.0 Å². The number of ether oxygens (including phenoxy) is 3. The molecule has 0 bridgehead atoms. The number of carbonyl (C=O) groups excluding carboxylic acids is 2. The molecular weight excluding hydrogens is 348 g/mol. The molecule has 0 aromatic heterocycles. The lowest BCUT2D eigenvalue weighted by Crippen LogP contribution is -2.48. The summed E-state index contributed by atoms with van der Waals surface area (Å²) in [5, 5.41) is 0. The summed E-state index contributed by atoms with van der Waals surface area (Å²) in [4.78, 5) is 28.5. The molecule has 0 saturated carbocycles. The van der Waals surface area contributed by atoms with Gasteiger partial charge in [-0.3, -0.25) is 4.79 Å². The first kappa shape index (κ1) is 19.3. The highest BCUT2D eigenvalue weighted by atomic mass is 16.6. The highest BCUT2D eigenvalue weighted by Gasteiger charge is 2.30. The number of fused-ring (bicyclic) bond motifs is 1. The summed E-state index contributed by atoms with van der Waals surface area (Å²) >= 11 is 0. The molecule has 0 unspecified atom stereocenters. The molecule has 1 aromatic rings. The molecule has 0 spiro atoms. The van der Waals surface area contributed by atoms with Gasteiger partial charge in [0.15, 0.2) is 11.5 Å². The maximum absolute atomic E-state index is 12.8. The van der Waals surface area contributed by atoms with Crippen LogP contribution in [0.25, 0.3) is 0 Å². The van der Waals surface area contributed by atoms with Crippen LogP contribution in [0.5, 0.6) is 11.5 Å². The third-order valence-electron chi connectivity index (χ3n) is 4.77. The highest BCUT2D eigenvalue weighted by molar-refractivity contribution is 5.95. The van der Waals surface area contributed by atoms with E-state index < -0.39 is 5.60 Å². The lowest BCUT2D eigenvalue weighted by atomic mass is 10.0. The van der Waals surface area contributed by atoms with Crippen LogP contribution in [0, 0.1) is 0 Å². The van der Waals surface area contributed by atoms with Crippen molar-refractivity contribution in [3.63, 3.8) is 0 Å². The fourth-order valence-electron chi connectivity index (χ4n) is 3.30. The lowest BCUT2D eigenvalue weighted by Gasteiger charge is -2.37. The van der Waals surface area contributed by atoms with Crippen molar-refractivity contribution in [2.45, 2.75) is 45.3 Å². The largest absolute Gasteiger partial charge is 0.486 e. The number of benzene rings is 1. The number of carbonyl (C=O) groups is 2. The summed E-state index contributed by atoms with van der Waals surface area (Å²) in [5.74, 6) is 1.27. The molecule has 2 heterocycles. The molecule has 1 aromatic carbocycles. The standard InChI is InChI=1S/C20H28N2O5/c1-20(2,3)27-19(24)21(4)15-7-9-22(10-8-15)18(23)14-5-6-16-17(13-14)26-12-11-25-16/h5-6,13,15H,7-12H2,1-4H3. The van der Waals surface area contributed by atoms with Gasteiger partial charge in [0, 0.05) is 31.7 Å². The first-order valence-electron chi connectivity index (χ1n) is 9.39. The molecule has 1 saturated heterocycles. The van der Waals surface area contributed by atoms with E-state index in [9.17, 15) is 9.59 Å². The topological polar surface area (TPSA) is 68.3 Å². The Labute approximate surface area is 160 Å². The first-order valence-corrected chi connectivity index (χ1v) is 9.39. The molecule has 2 aliphatic heterocycles. The van der Waals surface area contributed by atoms with Gasteiger partial charge >= 0.3 is 6.09 Å². The predicted octanol–water partition coefficient (Wildman–Crippen LogP) is 2.93. The van der Waals surface area contributed by atoms with E-state index in [0.29, 0.717) is 43.4 Å². The van der Waals surface area contributed by atoms with Crippen molar-refractivity contribution in [1.82, 2.24) is 9.80 Å². The first-order chi connectivity index (χ1) is 12.7. The smallest absolute Gasteiger partial charge is 0.410 e. The van der Waals surface area contributed by atoms with Crippen LogP contribution < -0.4 is 9.47 Å². The molecule has 1 fully saturated rings. The number of hydrogen-bond acceptors (Lipinski definition) is 5. The van der Waals surface area contributed by atoms with E-state index in [0.717, 1.165) is 12.8 Å². The fourth-order valence-corrected chi connectivity index (χ4v) is 3.30. The van der Waals surface area contributed by atoms with Gasteiger partial charge in [-0.2, -0.15) is 0 Å². The maximum Gasteiger partial charge on any atom is 0.410 e. The molecule has 148 valence electrons. The minimum Gasteiger partial charge on any atom is -0.486 e. The van der Waals surface area contributed by atoms with E-state index in [1.165, 1.54) is 0 Å². The Hall–Kier alpha value is -2.44. The normalized spacial score (nSPS) is 17.4. The molecule has 27 heavy (non-hydrogen) atoms. The van der Waals surface area contributed by atoms with Crippen molar-refractivity contribution < 1.29 is 23.8 Å². The average molecular weight is 376 g/mol. The van der Waals surface area contributed by atoms with Crippen LogP contribution in [0.15, 0.2) is 18.2 Å². The molecular formula is C20H28N2O5. The van der Waals surface area contributed by atoms with Gasteiger partial charge in [-0.1, -0.05) is 0 Å². The molecule has 7 nitrogen and oxygen atoms in total. The maximum atomic E-state index is 12.8. The number of amides is 2. The summed E-state index contributed by atoms with van der Waals surface area (Å²) in [7, 11) is 1.76. The van der Waals surface area contributed by atoms with Crippen molar-refractivity contribution in [1.29, 1.82) is 0 Å². The number of hydrogen-bond donors (Lipinski definition) is 0. The number of likely N-dealkylation sites (tertiary alicyclic amines) is 1. The zero-order valence-corrected chi connectivity index (χ0v) is 16.5. The van der Waals surface area contributed by atoms with Crippen molar-refractivity contribution in [2.24, 2.45) is 0 Å². The molecule has 0 atom stereocenters. The van der Waals surface area contributed by atoms with Crippen molar-refractivity contribution >= 4 is 12.0 Å². The van der Waals surface area contributed by atoms with Gasteiger partial charge in [0.05, 0.1) is 0 Å². The third-order valence-corrected chi connectivity index (χ3v) is 4.77. The van der Waals surface area contributed by atoms with Crippen LogP contribution in [0.1, 0.15) is 44.0 Å². The Morgan fingerprint density at radius 1 is 1.11 bits per heavy atom. The predicted molar refractivity (Wildman–Crippen MR) is 100 cm³/mol. The molecule has 2 aliphatic rings. The van der Waals surface area contributed by atoms with Crippen LogP contribution in [0.2, 0.25) is 0 Å². The minimum absolute atomic E-state index is 0.0228. The van der Waals surface area contributed by atoms with Crippen molar-refractivity contribution in [2.75, 3.05) is 33.4 Å². The average Bonchev–Trinajstić information content (AvgIpc) is 2.65. The van der Waals surface area contributed by atoms with E-state index >= 15 is 0 Å². The number of rotatable bonds is 2. The molecule has 3 rings (SSSR count). The van der Waals surface area contributed by atoms with Crippen molar-refractivity contribution in [3.05, 3.63) is 23.8 Å². The quantitative estimate of drug-likeness (QED) is 0.794. The number of piperidine rings is 1. The summed E-state index contributed by atoms with van der Waals surface area (Å²) in [6.45, 7) is 7.79. The summed E-state index contributed by atoms with van der Waals surface area (Å²) in [6, 6.07) is 5.37. The van der Waals surface area contributed by atoms with Crippen LogP contribution in [0.3, 0.4) is 0 Å². The van der Waals surface area contributed by atoms with Gasteiger partial charge in [-0.25, -0.2) is 4.79 Å². The van der Waals surface area contributed by atoms with Crippen LogP contribution in [0.4, 0.5) is 4.79 Å². The molecule has 0 N–H and O–H groups in total. The Morgan fingerprint density at radius 2 is 1.74 bits per heavy atom. The van der Waals surface area contributed by atoms with Gasteiger partial charge in [0.25, 0.3) is 5.91 Å². The van der Waals surface area contributed by atoms with Gasteiger partial charge in [-0.15, -0.1) is 0 Å². The lowest BCUT2D eigenvalue weighted by molar-refractivity contribution is 0.0156. The zero-order valence-electron chi connectivity index (χ0n) is 16.5. The van der Waals surface area contributed by atoms with E-state index in [4.69, 9.17) is 14.2 Å². The van der Waals surface area contributed by atoms with E-state index in [1.54, 1.807) is 30.1 Å². The van der Waals surface area contributed by atoms with Crippen molar-refractivity contribution in [3.8, 4) is 11.5 Å². The Morgan fingerprint density at radius 3 is 2.37 bits per heavy atom. The fraction of sp³-hybridized carbons (Fsp3) is 0.600. The summed E-state index contributed by atoms with van der Waals surface area (Å²) < 4.78 is 16.5. The zero-order chi connectivity index (χ0) is 19.6. The van der Waals surface area contributed by atoms with Crippen LogP contribution in [-0.4, -0.2) is 66.8 Å². The number of nitrogens with zero attached hydrogens (tertiary/aromatic N) is 2. The van der Waals surface area contributed by atoms with E-state index in [1.807, 2.05) is 25.7 Å². The Bertz CT molecular complexity index is 705. The molecule has 2 amide bonds. The summed E-state index contributed by atoms with van der Waals surface area (Å²) in [6.07, 6.45) is 1.14. The Kier molecular flexibility index (Phi) is 5.48. The van der Waals surface area contributed by atoms with Crippen LogP contribution >= 0.6 is 0 Å². The second-order valence-corrected chi connectivity index (χ2v) is 7.97. The third kappa shape index (κ3) is 4.64. The van der Waals surface area contributed by atoms with Gasteiger partial charge in [0.2, 0.25) is 0 Å². The summed E-state index contributed by atoms with van der Waals surface area (Å²) in [5.41, 5.74) is 0.0819. The van der Waals surface area contributed by atoms with Gasteiger partial charge in [0.1, 0.15) is 18.8 Å². The monoisotopic (exact) mass is 376 g/mol. The molecule has 0 radical (unpaired) electrons.